The third kappa shape index (κ3) is 13.8. The van der Waals surface area contributed by atoms with Gasteiger partial charge in [0.1, 0.15) is 0 Å². The molecule has 104 valence electrons. The van der Waals surface area contributed by atoms with Crippen molar-refractivity contribution >= 4 is 0 Å². The van der Waals surface area contributed by atoms with Gasteiger partial charge >= 0.3 is 0 Å². The van der Waals surface area contributed by atoms with Crippen LogP contribution < -0.4 is 5.32 Å². The van der Waals surface area contributed by atoms with Crippen LogP contribution in [-0.2, 0) is 9.47 Å². The van der Waals surface area contributed by atoms with Crippen molar-refractivity contribution in [3.05, 3.63) is 0 Å². The van der Waals surface area contributed by atoms with Crippen LogP contribution in [0.1, 0.15) is 47.5 Å². The molecule has 0 rings (SSSR count). The number of hydrogen-bond donors (Lipinski definition) is 1. The Hall–Kier alpha value is -0.120. The summed E-state index contributed by atoms with van der Waals surface area (Å²) in [6, 6.07) is 0.591. The van der Waals surface area contributed by atoms with Crippen LogP contribution in [0.5, 0.6) is 0 Å². The lowest BCUT2D eigenvalue weighted by molar-refractivity contribution is 0.0200. The van der Waals surface area contributed by atoms with Crippen LogP contribution in [0.25, 0.3) is 0 Å². The van der Waals surface area contributed by atoms with Gasteiger partial charge in [0.2, 0.25) is 0 Å². The number of ether oxygens (including phenoxy) is 2. The zero-order chi connectivity index (χ0) is 13.1. The van der Waals surface area contributed by atoms with Crippen LogP contribution in [0.3, 0.4) is 0 Å². The molecular formula is C14H31NO2. The molecule has 0 bridgehead atoms. The fourth-order valence-electron chi connectivity index (χ4n) is 1.51. The summed E-state index contributed by atoms with van der Waals surface area (Å²) in [4.78, 5) is 0. The largest absolute Gasteiger partial charge is 0.378 e. The molecule has 0 amide bonds. The highest BCUT2D eigenvalue weighted by Crippen LogP contribution is 2.05. The monoisotopic (exact) mass is 245 g/mol. The second-order valence-corrected chi connectivity index (χ2v) is 5.36. The highest BCUT2D eigenvalue weighted by Gasteiger charge is 2.02. The minimum Gasteiger partial charge on any atom is -0.378 e. The van der Waals surface area contributed by atoms with Crippen LogP contribution >= 0.6 is 0 Å². The van der Waals surface area contributed by atoms with Gasteiger partial charge in [0.15, 0.2) is 0 Å². The minimum atomic E-state index is 0.299. The molecule has 3 heteroatoms. The third-order valence-corrected chi connectivity index (χ3v) is 2.60. The lowest BCUT2D eigenvalue weighted by Gasteiger charge is -2.15. The molecule has 0 aliphatic carbocycles. The van der Waals surface area contributed by atoms with E-state index in [2.05, 4.69) is 26.1 Å². The van der Waals surface area contributed by atoms with E-state index in [1.807, 2.05) is 13.8 Å². The second-order valence-electron chi connectivity index (χ2n) is 5.36. The van der Waals surface area contributed by atoms with Crippen molar-refractivity contribution in [2.75, 3.05) is 26.4 Å². The van der Waals surface area contributed by atoms with Gasteiger partial charge in [0.05, 0.1) is 25.9 Å². The fraction of sp³-hybridized carbons (Fsp3) is 1.00. The van der Waals surface area contributed by atoms with Gasteiger partial charge in [-0.15, -0.1) is 0 Å². The van der Waals surface area contributed by atoms with Gasteiger partial charge in [0, 0.05) is 12.6 Å². The standard InChI is InChI=1S/C14H31NO2/c1-12(2)6-7-14(5)15-8-9-16-10-11-17-13(3)4/h12-15H,6-11H2,1-5H3. The number of nitrogens with one attached hydrogen (secondary N) is 1. The van der Waals surface area contributed by atoms with Crippen molar-refractivity contribution in [2.45, 2.75) is 59.6 Å². The van der Waals surface area contributed by atoms with Crippen LogP contribution in [0, 0.1) is 5.92 Å². The van der Waals surface area contributed by atoms with Gasteiger partial charge < -0.3 is 14.8 Å². The normalized spacial score (nSPS) is 13.6. The molecule has 0 saturated carbocycles. The first-order chi connectivity index (χ1) is 8.02. The first-order valence-electron chi connectivity index (χ1n) is 6.95. The zero-order valence-corrected chi connectivity index (χ0v) is 12.3. The highest BCUT2D eigenvalue weighted by atomic mass is 16.5. The Bertz CT molecular complexity index is 160. The predicted octanol–water partition coefficient (Wildman–Crippen LogP) is 2.84. The van der Waals surface area contributed by atoms with E-state index in [0.29, 0.717) is 25.4 Å². The van der Waals surface area contributed by atoms with Crippen molar-refractivity contribution in [1.82, 2.24) is 5.32 Å². The molecule has 0 spiro atoms. The van der Waals surface area contributed by atoms with Gasteiger partial charge in [-0.3, -0.25) is 0 Å². The summed E-state index contributed by atoms with van der Waals surface area (Å²) in [5, 5.41) is 3.47. The molecule has 0 aromatic carbocycles. The Morgan fingerprint density at radius 2 is 1.59 bits per heavy atom. The van der Waals surface area contributed by atoms with E-state index >= 15 is 0 Å². The summed E-state index contributed by atoms with van der Waals surface area (Å²) in [6.45, 7) is 13.9. The first-order valence-corrected chi connectivity index (χ1v) is 6.95. The lowest BCUT2D eigenvalue weighted by Crippen LogP contribution is -2.30. The molecule has 0 aliphatic heterocycles. The van der Waals surface area contributed by atoms with Crippen LogP contribution in [-0.4, -0.2) is 38.5 Å². The summed E-state index contributed by atoms with van der Waals surface area (Å²) < 4.78 is 10.9. The molecule has 1 atom stereocenters. The van der Waals surface area contributed by atoms with Crippen LogP contribution in [0.4, 0.5) is 0 Å². The van der Waals surface area contributed by atoms with Crippen molar-refractivity contribution in [3.8, 4) is 0 Å². The maximum atomic E-state index is 5.47. The summed E-state index contributed by atoms with van der Waals surface area (Å²) in [5.41, 5.74) is 0. The topological polar surface area (TPSA) is 30.5 Å². The molecule has 0 saturated heterocycles. The molecule has 1 unspecified atom stereocenters. The average Bonchev–Trinajstić information content (AvgIpc) is 2.24. The van der Waals surface area contributed by atoms with Gasteiger partial charge in [-0.1, -0.05) is 13.8 Å². The van der Waals surface area contributed by atoms with E-state index in [-0.39, 0.29) is 0 Å². The Kier molecular flexibility index (Phi) is 10.9. The molecule has 0 aromatic heterocycles. The first kappa shape index (κ1) is 16.9. The fourth-order valence-corrected chi connectivity index (χ4v) is 1.51. The van der Waals surface area contributed by atoms with E-state index in [4.69, 9.17) is 9.47 Å². The van der Waals surface area contributed by atoms with Gasteiger partial charge in [-0.05, 0) is 39.5 Å². The quantitative estimate of drug-likeness (QED) is 0.568. The molecule has 0 radical (unpaired) electrons. The molecule has 3 nitrogen and oxygen atoms in total. The molecule has 1 N–H and O–H groups in total. The maximum absolute atomic E-state index is 5.47. The Morgan fingerprint density at radius 1 is 0.882 bits per heavy atom. The second kappa shape index (κ2) is 11.0. The van der Waals surface area contributed by atoms with E-state index < -0.39 is 0 Å². The van der Waals surface area contributed by atoms with E-state index in [9.17, 15) is 0 Å². The third-order valence-electron chi connectivity index (χ3n) is 2.60. The van der Waals surface area contributed by atoms with Gasteiger partial charge in [-0.25, -0.2) is 0 Å². The van der Waals surface area contributed by atoms with Crippen molar-refractivity contribution in [1.29, 1.82) is 0 Å². The maximum Gasteiger partial charge on any atom is 0.0703 e. The van der Waals surface area contributed by atoms with Crippen LogP contribution in [0.15, 0.2) is 0 Å². The Balaban J connectivity index is 3.16. The highest BCUT2D eigenvalue weighted by molar-refractivity contribution is 4.61. The van der Waals surface area contributed by atoms with Gasteiger partial charge in [0.25, 0.3) is 0 Å². The smallest absolute Gasteiger partial charge is 0.0703 e. The number of rotatable bonds is 11. The Labute approximate surface area is 107 Å². The average molecular weight is 245 g/mol. The summed E-state index contributed by atoms with van der Waals surface area (Å²) in [7, 11) is 0. The molecule has 0 aromatic rings. The SMILES string of the molecule is CC(C)CCC(C)NCCOCCOC(C)C. The summed E-state index contributed by atoms with van der Waals surface area (Å²) >= 11 is 0. The molecular weight excluding hydrogens is 214 g/mol. The molecule has 0 heterocycles. The van der Waals surface area contributed by atoms with E-state index in [1.165, 1.54) is 12.8 Å². The van der Waals surface area contributed by atoms with Gasteiger partial charge in [-0.2, -0.15) is 0 Å². The predicted molar refractivity (Wildman–Crippen MR) is 73.4 cm³/mol. The minimum absolute atomic E-state index is 0.299. The molecule has 0 aliphatic rings. The summed E-state index contributed by atoms with van der Waals surface area (Å²) in [5.74, 6) is 0.795. The van der Waals surface area contributed by atoms with E-state index in [1.54, 1.807) is 0 Å². The Morgan fingerprint density at radius 3 is 2.18 bits per heavy atom. The summed E-state index contributed by atoms with van der Waals surface area (Å²) in [6.07, 6.45) is 2.83. The van der Waals surface area contributed by atoms with Crippen molar-refractivity contribution in [3.63, 3.8) is 0 Å². The van der Waals surface area contributed by atoms with Crippen LogP contribution in [0.2, 0.25) is 0 Å². The van der Waals surface area contributed by atoms with Crippen molar-refractivity contribution < 1.29 is 9.47 Å². The molecule has 0 fully saturated rings. The van der Waals surface area contributed by atoms with E-state index in [0.717, 1.165) is 19.1 Å². The van der Waals surface area contributed by atoms with Crippen molar-refractivity contribution in [2.24, 2.45) is 5.92 Å². The molecule has 17 heavy (non-hydrogen) atoms. The zero-order valence-electron chi connectivity index (χ0n) is 12.3. The number of hydrogen-bond acceptors (Lipinski definition) is 3. The lowest BCUT2D eigenvalue weighted by atomic mass is 10.0.